The number of nitrogens with one attached hydrogen (secondary N) is 2. The summed E-state index contributed by atoms with van der Waals surface area (Å²) in [7, 11) is 0. The van der Waals surface area contributed by atoms with Crippen LogP contribution in [0.2, 0.25) is 0 Å². The lowest BCUT2D eigenvalue weighted by Gasteiger charge is -2.37. The van der Waals surface area contributed by atoms with Gasteiger partial charge in [0.15, 0.2) is 0 Å². The van der Waals surface area contributed by atoms with Gasteiger partial charge in [0.2, 0.25) is 5.91 Å². The van der Waals surface area contributed by atoms with E-state index in [1.807, 2.05) is 30.3 Å². The maximum Gasteiger partial charge on any atom is 0.416 e. The number of nitro groups is 1. The van der Waals surface area contributed by atoms with Crippen molar-refractivity contribution < 1.29 is 22.9 Å². The van der Waals surface area contributed by atoms with Gasteiger partial charge in [0.05, 0.1) is 22.4 Å². The van der Waals surface area contributed by atoms with Gasteiger partial charge in [-0.2, -0.15) is 13.2 Å². The van der Waals surface area contributed by atoms with Crippen LogP contribution in [0.5, 0.6) is 0 Å². The molecule has 2 aromatic rings. The van der Waals surface area contributed by atoms with Crippen molar-refractivity contribution in [1.82, 2.24) is 15.8 Å². The lowest BCUT2D eigenvalue weighted by molar-refractivity contribution is -0.384. The molecule has 0 saturated carbocycles. The molecule has 2 fully saturated rings. The van der Waals surface area contributed by atoms with Crippen molar-refractivity contribution in [3.8, 4) is 0 Å². The molecule has 0 spiro atoms. The third kappa shape index (κ3) is 4.39. The van der Waals surface area contributed by atoms with Crippen LogP contribution in [0.25, 0.3) is 0 Å². The van der Waals surface area contributed by atoms with Gasteiger partial charge in [-0.15, -0.1) is 0 Å². The van der Waals surface area contributed by atoms with E-state index in [1.54, 1.807) is 9.80 Å². The van der Waals surface area contributed by atoms with E-state index < -0.39 is 22.4 Å². The number of hydrazine groups is 1. The molecular weight excluding hydrogens is 427 g/mol. The first kappa shape index (κ1) is 22.0. The average molecular weight is 449 g/mol. The highest BCUT2D eigenvalue weighted by atomic mass is 19.4. The van der Waals surface area contributed by atoms with Gasteiger partial charge in [-0.1, -0.05) is 30.3 Å². The first-order valence-electron chi connectivity index (χ1n) is 10.2. The summed E-state index contributed by atoms with van der Waals surface area (Å²) in [6.45, 7) is 1.72. The predicted octanol–water partition coefficient (Wildman–Crippen LogP) is 2.73. The highest BCUT2D eigenvalue weighted by molar-refractivity contribution is 5.81. The first-order chi connectivity index (χ1) is 15.3. The summed E-state index contributed by atoms with van der Waals surface area (Å²) in [5, 5.41) is 11.4. The maximum atomic E-state index is 13.2. The summed E-state index contributed by atoms with van der Waals surface area (Å²) < 4.78 is 38.9. The Labute approximate surface area is 182 Å². The second-order valence-electron chi connectivity index (χ2n) is 7.79. The van der Waals surface area contributed by atoms with Gasteiger partial charge >= 0.3 is 6.18 Å². The molecule has 2 atom stereocenters. The fourth-order valence-electron chi connectivity index (χ4n) is 4.22. The van der Waals surface area contributed by atoms with E-state index in [9.17, 15) is 28.1 Å². The number of carbonyl (C=O) groups excluding carboxylic acids is 1. The van der Waals surface area contributed by atoms with Gasteiger partial charge in [0.25, 0.3) is 5.69 Å². The van der Waals surface area contributed by atoms with Crippen molar-refractivity contribution >= 4 is 17.3 Å². The van der Waals surface area contributed by atoms with Gasteiger partial charge in [0.1, 0.15) is 5.69 Å². The van der Waals surface area contributed by atoms with E-state index in [0.717, 1.165) is 17.7 Å². The van der Waals surface area contributed by atoms with Crippen LogP contribution in [0, 0.1) is 16.0 Å². The molecule has 0 bridgehead atoms. The topological polar surface area (TPSA) is 90.8 Å². The van der Waals surface area contributed by atoms with Gasteiger partial charge in [0, 0.05) is 38.8 Å². The summed E-state index contributed by atoms with van der Waals surface area (Å²) in [4.78, 5) is 27.1. The Bertz CT molecular complexity index is 994. The number of rotatable bonds is 4. The number of carbonyl (C=O) groups is 1. The van der Waals surface area contributed by atoms with E-state index in [0.29, 0.717) is 38.8 Å². The molecule has 1 amide bonds. The lowest BCUT2D eigenvalue weighted by Crippen LogP contribution is -2.51. The number of nitro benzene ring substituents is 1. The van der Waals surface area contributed by atoms with Crippen LogP contribution in [0.1, 0.15) is 17.2 Å². The summed E-state index contributed by atoms with van der Waals surface area (Å²) >= 11 is 0. The zero-order valence-corrected chi connectivity index (χ0v) is 17.0. The van der Waals surface area contributed by atoms with Crippen LogP contribution in [-0.4, -0.2) is 48.5 Å². The fraction of sp³-hybridized carbons (Fsp3) is 0.381. The monoisotopic (exact) mass is 449 g/mol. The standard InChI is InChI=1S/C21H22F3N5O3/c22-21(23,24)15-6-7-17(18(12-15)29(31)32)27-8-10-28(11-9-27)20(30)16-13-25-26-19(16)14-4-2-1-3-5-14/h1-7,12,16,19,25-26H,8-11,13H2. The van der Waals surface area contributed by atoms with E-state index in [4.69, 9.17) is 0 Å². The summed E-state index contributed by atoms with van der Waals surface area (Å²) in [5.41, 5.74) is 5.65. The number of nitrogens with zero attached hydrogens (tertiary/aromatic N) is 3. The highest BCUT2D eigenvalue weighted by Gasteiger charge is 2.38. The molecule has 4 rings (SSSR count). The number of hydrogen-bond acceptors (Lipinski definition) is 6. The van der Waals surface area contributed by atoms with Crippen molar-refractivity contribution in [3.63, 3.8) is 0 Å². The Morgan fingerprint density at radius 1 is 1.06 bits per heavy atom. The molecule has 0 aliphatic carbocycles. The normalized spacial score (nSPS) is 21.6. The molecule has 32 heavy (non-hydrogen) atoms. The van der Waals surface area contributed by atoms with Gasteiger partial charge in [-0.05, 0) is 17.7 Å². The van der Waals surface area contributed by atoms with Crippen molar-refractivity contribution in [2.24, 2.45) is 5.92 Å². The van der Waals surface area contributed by atoms with Crippen molar-refractivity contribution in [2.45, 2.75) is 12.2 Å². The number of anilines is 1. The largest absolute Gasteiger partial charge is 0.416 e. The zero-order chi connectivity index (χ0) is 22.9. The molecule has 170 valence electrons. The number of benzene rings is 2. The van der Waals surface area contributed by atoms with Crippen LogP contribution in [0.15, 0.2) is 48.5 Å². The Morgan fingerprint density at radius 3 is 2.38 bits per heavy atom. The van der Waals surface area contributed by atoms with Gasteiger partial charge < -0.3 is 9.80 Å². The van der Waals surface area contributed by atoms with Crippen molar-refractivity contribution in [1.29, 1.82) is 0 Å². The smallest absolute Gasteiger partial charge is 0.362 e. The van der Waals surface area contributed by atoms with Crippen LogP contribution in [0.4, 0.5) is 24.5 Å². The van der Waals surface area contributed by atoms with Crippen molar-refractivity contribution in [3.05, 3.63) is 69.8 Å². The Kier molecular flexibility index (Phi) is 6.02. The molecular formula is C21H22F3N5O3. The number of amides is 1. The minimum Gasteiger partial charge on any atom is -0.362 e. The van der Waals surface area contributed by atoms with E-state index in [1.165, 1.54) is 0 Å². The summed E-state index contributed by atoms with van der Waals surface area (Å²) in [6.07, 6.45) is -4.66. The molecule has 0 radical (unpaired) electrons. The molecule has 8 nitrogen and oxygen atoms in total. The quantitative estimate of drug-likeness (QED) is 0.551. The van der Waals surface area contributed by atoms with Crippen molar-refractivity contribution in [2.75, 3.05) is 37.6 Å². The third-order valence-electron chi connectivity index (χ3n) is 5.89. The predicted molar refractivity (Wildman–Crippen MR) is 111 cm³/mol. The molecule has 0 aromatic heterocycles. The molecule has 11 heteroatoms. The number of alkyl halides is 3. The van der Waals surface area contributed by atoms with Gasteiger partial charge in [-0.25, -0.2) is 5.43 Å². The molecule has 2 aliphatic heterocycles. The van der Waals surface area contributed by atoms with E-state index in [-0.39, 0.29) is 23.6 Å². The minimum atomic E-state index is -4.66. The maximum absolute atomic E-state index is 13.2. The molecule has 2 heterocycles. The van der Waals surface area contributed by atoms with E-state index in [2.05, 4.69) is 10.9 Å². The Hall–Kier alpha value is -3.18. The van der Waals surface area contributed by atoms with Crippen LogP contribution in [0.3, 0.4) is 0 Å². The molecule has 2 saturated heterocycles. The molecule has 2 unspecified atom stereocenters. The molecule has 2 aliphatic rings. The number of hydrogen-bond donors (Lipinski definition) is 2. The number of halogens is 3. The second kappa shape index (κ2) is 8.75. The van der Waals surface area contributed by atoms with Gasteiger partial charge in [-0.3, -0.25) is 20.3 Å². The molecule has 2 N–H and O–H groups in total. The van der Waals surface area contributed by atoms with Crippen LogP contribution >= 0.6 is 0 Å². The fourth-order valence-corrected chi connectivity index (χ4v) is 4.22. The van der Waals surface area contributed by atoms with E-state index >= 15 is 0 Å². The van der Waals surface area contributed by atoms with Crippen LogP contribution in [-0.2, 0) is 11.0 Å². The third-order valence-corrected chi connectivity index (χ3v) is 5.89. The number of piperazine rings is 1. The Morgan fingerprint density at radius 2 is 1.75 bits per heavy atom. The minimum absolute atomic E-state index is 0.0297. The van der Waals surface area contributed by atoms with Crippen LogP contribution < -0.4 is 15.8 Å². The molecule has 2 aromatic carbocycles. The lowest BCUT2D eigenvalue weighted by atomic mass is 9.93. The Balaban J connectivity index is 1.45. The zero-order valence-electron chi connectivity index (χ0n) is 17.0. The second-order valence-corrected chi connectivity index (χ2v) is 7.79. The first-order valence-corrected chi connectivity index (χ1v) is 10.2. The SMILES string of the molecule is O=C(C1CNNC1c1ccccc1)N1CCN(c2ccc(C(F)(F)F)cc2[N+](=O)[O-])CC1. The average Bonchev–Trinajstić information content (AvgIpc) is 3.28. The summed E-state index contributed by atoms with van der Waals surface area (Å²) in [5.74, 6) is -0.331. The summed E-state index contributed by atoms with van der Waals surface area (Å²) in [6, 6.07) is 12.0. The highest BCUT2D eigenvalue weighted by Crippen LogP contribution is 2.37.